The van der Waals surface area contributed by atoms with Crippen molar-refractivity contribution in [2.24, 2.45) is 0 Å². The summed E-state index contributed by atoms with van der Waals surface area (Å²) in [5.74, 6) is -0.364. The fourth-order valence-corrected chi connectivity index (χ4v) is 1.07. The normalized spacial score (nSPS) is 11.8. The number of likely N-dealkylation sites (N-methyl/N-ethyl adjacent to an activating group) is 1. The van der Waals surface area contributed by atoms with Gasteiger partial charge in [-0.1, -0.05) is 12.1 Å². The standard InChI is InChI=1S/C11H10F3NO/c1-15-10(16)6-5-8-3-2-4-9(7-8)11(12,13)14/h2-7H,1H3,(H,15,16)/b6-5+. The van der Waals surface area contributed by atoms with Gasteiger partial charge in [-0.25, -0.2) is 0 Å². The van der Waals surface area contributed by atoms with E-state index in [1.54, 1.807) is 0 Å². The first kappa shape index (κ1) is 12.3. The number of rotatable bonds is 2. The molecule has 0 fully saturated rings. The zero-order chi connectivity index (χ0) is 12.2. The van der Waals surface area contributed by atoms with Crippen LogP contribution >= 0.6 is 0 Å². The number of benzene rings is 1. The Labute approximate surface area is 90.8 Å². The number of hydrogen-bond acceptors (Lipinski definition) is 1. The molecule has 0 heterocycles. The summed E-state index contributed by atoms with van der Waals surface area (Å²) in [5.41, 5.74) is -0.398. The first-order valence-electron chi connectivity index (χ1n) is 4.50. The largest absolute Gasteiger partial charge is 0.416 e. The Balaban J connectivity index is 2.91. The second-order valence-corrected chi connectivity index (χ2v) is 3.07. The summed E-state index contributed by atoms with van der Waals surface area (Å²) >= 11 is 0. The van der Waals surface area contributed by atoms with Crippen molar-refractivity contribution in [3.8, 4) is 0 Å². The molecule has 86 valence electrons. The number of alkyl halides is 3. The van der Waals surface area contributed by atoms with Crippen molar-refractivity contribution in [2.75, 3.05) is 7.05 Å². The van der Waals surface area contributed by atoms with Gasteiger partial charge in [0.25, 0.3) is 0 Å². The molecule has 0 unspecified atom stereocenters. The summed E-state index contributed by atoms with van der Waals surface area (Å²) in [4.78, 5) is 10.8. The van der Waals surface area contributed by atoms with Crippen molar-refractivity contribution in [3.63, 3.8) is 0 Å². The van der Waals surface area contributed by atoms with Crippen LogP contribution in [0.15, 0.2) is 30.3 Å². The molecule has 1 aromatic rings. The predicted octanol–water partition coefficient (Wildman–Crippen LogP) is 2.46. The van der Waals surface area contributed by atoms with Gasteiger partial charge in [-0.05, 0) is 23.8 Å². The summed E-state index contributed by atoms with van der Waals surface area (Å²) in [6.45, 7) is 0. The SMILES string of the molecule is CNC(=O)/C=C/c1cccc(C(F)(F)F)c1. The second kappa shape index (κ2) is 4.83. The fourth-order valence-electron chi connectivity index (χ4n) is 1.07. The topological polar surface area (TPSA) is 29.1 Å². The lowest BCUT2D eigenvalue weighted by Gasteiger charge is -2.06. The van der Waals surface area contributed by atoms with Crippen LogP contribution in [0.4, 0.5) is 13.2 Å². The summed E-state index contributed by atoms with van der Waals surface area (Å²) in [7, 11) is 1.44. The molecule has 1 amide bonds. The van der Waals surface area contributed by atoms with Crippen LogP contribution in [0.2, 0.25) is 0 Å². The molecule has 0 saturated heterocycles. The summed E-state index contributed by atoms with van der Waals surface area (Å²) < 4.78 is 37.0. The van der Waals surface area contributed by atoms with Crippen molar-refractivity contribution in [2.45, 2.75) is 6.18 Å². The highest BCUT2D eigenvalue weighted by molar-refractivity contribution is 5.91. The van der Waals surface area contributed by atoms with Crippen molar-refractivity contribution in [1.82, 2.24) is 5.32 Å². The fraction of sp³-hybridized carbons (Fsp3) is 0.182. The van der Waals surface area contributed by atoms with Gasteiger partial charge in [0.05, 0.1) is 5.56 Å². The Morgan fingerprint density at radius 2 is 2.06 bits per heavy atom. The zero-order valence-electron chi connectivity index (χ0n) is 8.51. The van der Waals surface area contributed by atoms with Crippen LogP contribution in [0.1, 0.15) is 11.1 Å². The van der Waals surface area contributed by atoms with E-state index in [-0.39, 0.29) is 5.91 Å². The molecule has 1 N–H and O–H groups in total. The number of carbonyl (C=O) groups excluding carboxylic acids is 1. The minimum atomic E-state index is -4.36. The maximum atomic E-state index is 12.3. The highest BCUT2D eigenvalue weighted by Crippen LogP contribution is 2.29. The van der Waals surface area contributed by atoms with Crippen LogP contribution in [-0.2, 0) is 11.0 Å². The highest BCUT2D eigenvalue weighted by Gasteiger charge is 2.30. The molecule has 1 aromatic carbocycles. The molecular formula is C11H10F3NO. The Hall–Kier alpha value is -1.78. The number of nitrogens with one attached hydrogen (secondary N) is 1. The number of amides is 1. The van der Waals surface area contributed by atoms with Gasteiger partial charge in [0.15, 0.2) is 0 Å². The van der Waals surface area contributed by atoms with E-state index in [4.69, 9.17) is 0 Å². The third-order valence-electron chi connectivity index (χ3n) is 1.89. The summed E-state index contributed by atoms with van der Waals surface area (Å²) in [6, 6.07) is 4.76. The van der Waals surface area contributed by atoms with Gasteiger partial charge in [-0.15, -0.1) is 0 Å². The second-order valence-electron chi connectivity index (χ2n) is 3.07. The Morgan fingerprint density at radius 3 is 2.62 bits per heavy atom. The predicted molar refractivity (Wildman–Crippen MR) is 54.5 cm³/mol. The van der Waals surface area contributed by atoms with Crippen LogP contribution in [0.25, 0.3) is 6.08 Å². The van der Waals surface area contributed by atoms with Crippen molar-refractivity contribution in [1.29, 1.82) is 0 Å². The Kier molecular flexibility index (Phi) is 3.71. The van der Waals surface area contributed by atoms with Crippen LogP contribution < -0.4 is 5.32 Å². The molecule has 0 spiro atoms. The third kappa shape index (κ3) is 3.42. The maximum Gasteiger partial charge on any atom is 0.416 e. The van der Waals surface area contributed by atoms with E-state index in [1.807, 2.05) is 0 Å². The molecular weight excluding hydrogens is 219 g/mol. The summed E-state index contributed by atoms with van der Waals surface area (Å²) in [6.07, 6.45) is -1.86. The average Bonchev–Trinajstić information content (AvgIpc) is 2.25. The lowest BCUT2D eigenvalue weighted by molar-refractivity contribution is -0.137. The van der Waals surface area contributed by atoms with Crippen LogP contribution in [0.5, 0.6) is 0 Å². The molecule has 16 heavy (non-hydrogen) atoms. The maximum absolute atomic E-state index is 12.3. The van der Waals surface area contributed by atoms with Crippen molar-refractivity contribution in [3.05, 3.63) is 41.5 Å². The minimum absolute atomic E-state index is 0.332. The van der Waals surface area contributed by atoms with E-state index in [1.165, 1.54) is 31.3 Å². The van der Waals surface area contributed by atoms with Gasteiger partial charge in [0.1, 0.15) is 0 Å². The monoisotopic (exact) mass is 229 g/mol. The molecule has 0 aromatic heterocycles. The molecule has 1 rings (SSSR count). The summed E-state index contributed by atoms with van der Waals surface area (Å²) in [5, 5.41) is 2.33. The van der Waals surface area contributed by atoms with Gasteiger partial charge in [-0.2, -0.15) is 13.2 Å². The molecule has 0 aliphatic carbocycles. The molecule has 5 heteroatoms. The van der Waals surface area contributed by atoms with Gasteiger partial charge in [0.2, 0.25) is 5.91 Å². The first-order chi connectivity index (χ1) is 7.43. The van der Waals surface area contributed by atoms with E-state index in [0.29, 0.717) is 5.56 Å². The lowest BCUT2D eigenvalue weighted by Crippen LogP contribution is -2.13. The molecule has 0 saturated carbocycles. The Bertz CT molecular complexity index is 410. The van der Waals surface area contributed by atoms with Gasteiger partial charge >= 0.3 is 6.18 Å². The van der Waals surface area contributed by atoms with Gasteiger partial charge in [-0.3, -0.25) is 4.79 Å². The number of halogens is 3. The van der Waals surface area contributed by atoms with Gasteiger partial charge in [0, 0.05) is 13.1 Å². The molecule has 0 aliphatic heterocycles. The minimum Gasteiger partial charge on any atom is -0.356 e. The third-order valence-corrected chi connectivity index (χ3v) is 1.89. The van der Waals surface area contributed by atoms with E-state index in [2.05, 4.69) is 5.32 Å². The average molecular weight is 229 g/mol. The molecule has 0 atom stereocenters. The van der Waals surface area contributed by atoms with E-state index in [0.717, 1.165) is 12.1 Å². The molecule has 2 nitrogen and oxygen atoms in total. The van der Waals surface area contributed by atoms with E-state index in [9.17, 15) is 18.0 Å². The Morgan fingerprint density at radius 1 is 1.38 bits per heavy atom. The zero-order valence-corrected chi connectivity index (χ0v) is 8.51. The number of hydrogen-bond donors (Lipinski definition) is 1. The highest BCUT2D eigenvalue weighted by atomic mass is 19.4. The van der Waals surface area contributed by atoms with Gasteiger partial charge < -0.3 is 5.32 Å². The lowest BCUT2D eigenvalue weighted by atomic mass is 10.1. The number of carbonyl (C=O) groups is 1. The van der Waals surface area contributed by atoms with Crippen LogP contribution in [0, 0.1) is 0 Å². The smallest absolute Gasteiger partial charge is 0.356 e. The van der Waals surface area contributed by atoms with E-state index < -0.39 is 11.7 Å². The molecule has 0 aliphatic rings. The molecule has 0 bridgehead atoms. The van der Waals surface area contributed by atoms with Crippen molar-refractivity contribution >= 4 is 12.0 Å². The van der Waals surface area contributed by atoms with E-state index >= 15 is 0 Å². The first-order valence-corrected chi connectivity index (χ1v) is 4.50. The quantitative estimate of drug-likeness (QED) is 0.775. The van der Waals surface area contributed by atoms with Crippen LogP contribution in [-0.4, -0.2) is 13.0 Å². The molecule has 0 radical (unpaired) electrons. The van der Waals surface area contributed by atoms with Crippen LogP contribution in [0.3, 0.4) is 0 Å². The van der Waals surface area contributed by atoms with Crippen molar-refractivity contribution < 1.29 is 18.0 Å².